The summed E-state index contributed by atoms with van der Waals surface area (Å²) in [7, 11) is 1.60. The molecular weight excluding hydrogens is 415 g/mol. The lowest BCUT2D eigenvalue weighted by Crippen LogP contribution is -2.36. The zero-order valence-corrected chi connectivity index (χ0v) is 16.7. The Labute approximate surface area is 176 Å². The molecule has 0 aliphatic carbocycles. The summed E-state index contributed by atoms with van der Waals surface area (Å²) in [5.41, 5.74) is 6.41. The summed E-state index contributed by atoms with van der Waals surface area (Å²) >= 11 is 0. The van der Waals surface area contributed by atoms with Crippen molar-refractivity contribution in [1.29, 1.82) is 0 Å². The van der Waals surface area contributed by atoms with Gasteiger partial charge in [0.2, 0.25) is 0 Å². The van der Waals surface area contributed by atoms with Crippen molar-refractivity contribution in [2.45, 2.75) is 12.7 Å². The third kappa shape index (κ3) is 6.67. The second-order valence-corrected chi connectivity index (χ2v) is 6.57. The number of alkyl halides is 3. The van der Waals surface area contributed by atoms with Crippen LogP contribution in [0.4, 0.5) is 23.7 Å². The molecule has 0 radical (unpaired) electrons. The minimum absolute atomic E-state index is 0.362. The Morgan fingerprint density at radius 2 is 2.03 bits per heavy atom. The van der Waals surface area contributed by atoms with Crippen LogP contribution in [-0.4, -0.2) is 48.5 Å². The number of benzene rings is 1. The van der Waals surface area contributed by atoms with Crippen molar-refractivity contribution in [3.05, 3.63) is 54.4 Å². The van der Waals surface area contributed by atoms with Crippen molar-refractivity contribution < 1.29 is 27.5 Å². The van der Waals surface area contributed by atoms with E-state index < -0.39 is 18.8 Å². The van der Waals surface area contributed by atoms with Crippen LogP contribution in [0.1, 0.15) is 5.56 Å². The number of hydrogen-bond donors (Lipinski definition) is 3. The first-order valence-electron chi connectivity index (χ1n) is 9.37. The molecule has 0 unspecified atom stereocenters. The van der Waals surface area contributed by atoms with Gasteiger partial charge in [0.25, 0.3) is 0 Å². The monoisotopic (exact) mass is 437 g/mol. The average Bonchev–Trinajstić information content (AvgIpc) is 3.15. The Morgan fingerprint density at radius 1 is 1.19 bits per heavy atom. The molecule has 8 nitrogen and oxygen atoms in total. The van der Waals surface area contributed by atoms with Gasteiger partial charge in [0.05, 0.1) is 25.1 Å². The molecule has 166 valence electrons. The number of anilines is 1. The highest BCUT2D eigenvalue weighted by Crippen LogP contribution is 2.24. The molecule has 2 amide bonds. The van der Waals surface area contributed by atoms with Gasteiger partial charge in [-0.1, -0.05) is 12.1 Å². The maximum absolute atomic E-state index is 12.2. The quantitative estimate of drug-likeness (QED) is 0.353. The SMILES string of the molecule is COCCONCc1ccn2c(-c3cccc(NC(=O)NCC(F)(F)F)c3)cnc2c1. The number of urea groups is 1. The van der Waals surface area contributed by atoms with Crippen molar-refractivity contribution in [2.24, 2.45) is 0 Å². The van der Waals surface area contributed by atoms with Gasteiger partial charge in [0.15, 0.2) is 0 Å². The second kappa shape index (κ2) is 10.2. The zero-order chi connectivity index (χ0) is 22.3. The molecule has 1 aromatic carbocycles. The Hall–Kier alpha value is -3.15. The summed E-state index contributed by atoms with van der Waals surface area (Å²) in [5, 5.41) is 4.17. The first-order valence-corrected chi connectivity index (χ1v) is 9.37. The van der Waals surface area contributed by atoms with Crippen LogP contribution >= 0.6 is 0 Å². The average molecular weight is 437 g/mol. The number of carbonyl (C=O) groups is 1. The van der Waals surface area contributed by atoms with Gasteiger partial charge in [-0.2, -0.15) is 18.7 Å². The molecule has 3 aromatic rings. The number of nitrogens with zero attached hydrogens (tertiary/aromatic N) is 2. The van der Waals surface area contributed by atoms with Gasteiger partial charge < -0.3 is 15.4 Å². The van der Waals surface area contributed by atoms with Crippen LogP contribution in [0.25, 0.3) is 16.9 Å². The topological polar surface area (TPSA) is 88.9 Å². The molecule has 0 aliphatic rings. The predicted molar refractivity (Wildman–Crippen MR) is 108 cm³/mol. The molecule has 2 heterocycles. The zero-order valence-electron chi connectivity index (χ0n) is 16.7. The summed E-state index contributed by atoms with van der Waals surface area (Å²) in [5.74, 6) is 0. The maximum atomic E-state index is 12.2. The van der Waals surface area contributed by atoms with Crippen LogP contribution in [0.5, 0.6) is 0 Å². The number of hydroxylamine groups is 1. The highest BCUT2D eigenvalue weighted by molar-refractivity contribution is 5.90. The molecule has 3 rings (SSSR count). The van der Waals surface area contributed by atoms with E-state index in [2.05, 4.69) is 15.8 Å². The van der Waals surface area contributed by atoms with Crippen molar-refractivity contribution in [1.82, 2.24) is 20.2 Å². The number of fused-ring (bicyclic) bond motifs is 1. The fourth-order valence-electron chi connectivity index (χ4n) is 2.79. The van der Waals surface area contributed by atoms with Crippen molar-refractivity contribution in [3.63, 3.8) is 0 Å². The molecule has 2 aromatic heterocycles. The fraction of sp³-hybridized carbons (Fsp3) is 0.300. The number of halogens is 3. The Kier molecular flexibility index (Phi) is 7.45. The molecule has 0 spiro atoms. The molecule has 0 bridgehead atoms. The van der Waals surface area contributed by atoms with E-state index in [4.69, 9.17) is 9.57 Å². The Balaban J connectivity index is 1.67. The van der Waals surface area contributed by atoms with Crippen molar-refractivity contribution in [2.75, 3.05) is 32.2 Å². The van der Waals surface area contributed by atoms with E-state index in [0.717, 1.165) is 16.8 Å². The number of hydrogen-bond acceptors (Lipinski definition) is 5. The van der Waals surface area contributed by atoms with Crippen LogP contribution in [0.3, 0.4) is 0 Å². The number of pyridine rings is 1. The number of methoxy groups -OCH3 is 1. The van der Waals surface area contributed by atoms with Gasteiger partial charge in [-0.05, 0) is 29.8 Å². The van der Waals surface area contributed by atoms with Crippen LogP contribution in [0, 0.1) is 0 Å². The molecule has 31 heavy (non-hydrogen) atoms. The van der Waals surface area contributed by atoms with E-state index in [0.29, 0.717) is 31.1 Å². The Morgan fingerprint density at radius 3 is 2.81 bits per heavy atom. The van der Waals surface area contributed by atoms with E-state index in [1.807, 2.05) is 28.8 Å². The number of carbonyl (C=O) groups excluding carboxylic acids is 1. The van der Waals surface area contributed by atoms with Gasteiger partial charge in [-0.3, -0.25) is 9.24 Å². The first kappa shape index (κ1) is 22.5. The highest BCUT2D eigenvalue weighted by atomic mass is 19.4. The lowest BCUT2D eigenvalue weighted by molar-refractivity contribution is -0.122. The van der Waals surface area contributed by atoms with Crippen LogP contribution in [-0.2, 0) is 16.1 Å². The fourth-order valence-corrected chi connectivity index (χ4v) is 2.79. The molecule has 0 saturated heterocycles. The van der Waals surface area contributed by atoms with E-state index in [1.54, 1.807) is 36.8 Å². The number of ether oxygens (including phenoxy) is 1. The summed E-state index contributed by atoms with van der Waals surface area (Å²) in [6.07, 6.45) is -0.926. The predicted octanol–water partition coefficient (Wildman–Crippen LogP) is 3.35. The summed E-state index contributed by atoms with van der Waals surface area (Å²) in [6.45, 7) is 0.0215. The van der Waals surface area contributed by atoms with Gasteiger partial charge >= 0.3 is 12.2 Å². The van der Waals surface area contributed by atoms with Crippen LogP contribution in [0.2, 0.25) is 0 Å². The molecule has 11 heteroatoms. The summed E-state index contributed by atoms with van der Waals surface area (Å²) in [4.78, 5) is 21.3. The van der Waals surface area contributed by atoms with Gasteiger partial charge in [0, 0.05) is 31.1 Å². The standard InChI is InChI=1S/C20H22F3N5O3/c1-30-7-8-31-26-11-14-5-6-28-17(12-24-18(28)9-14)15-3-2-4-16(10-15)27-19(29)25-13-20(21,22)23/h2-6,9-10,12,26H,7-8,11,13H2,1H3,(H2,25,27,29). The summed E-state index contributed by atoms with van der Waals surface area (Å²) < 4.78 is 43.5. The molecule has 3 N–H and O–H groups in total. The number of rotatable bonds is 9. The maximum Gasteiger partial charge on any atom is 0.405 e. The van der Waals surface area contributed by atoms with E-state index in [1.165, 1.54) is 0 Å². The molecule has 0 aliphatic heterocycles. The van der Waals surface area contributed by atoms with Crippen LogP contribution in [0.15, 0.2) is 48.8 Å². The first-order chi connectivity index (χ1) is 14.9. The van der Waals surface area contributed by atoms with E-state index >= 15 is 0 Å². The molecule has 0 atom stereocenters. The minimum atomic E-state index is -4.47. The Bertz CT molecular complexity index is 1020. The second-order valence-electron chi connectivity index (χ2n) is 6.57. The van der Waals surface area contributed by atoms with Crippen molar-refractivity contribution in [3.8, 4) is 11.3 Å². The van der Waals surface area contributed by atoms with E-state index in [9.17, 15) is 18.0 Å². The third-order valence-corrected chi connectivity index (χ3v) is 4.21. The molecular formula is C20H22F3N5O3. The third-order valence-electron chi connectivity index (χ3n) is 4.21. The van der Waals surface area contributed by atoms with Gasteiger partial charge in [-0.15, -0.1) is 0 Å². The largest absolute Gasteiger partial charge is 0.405 e. The lowest BCUT2D eigenvalue weighted by atomic mass is 10.1. The minimum Gasteiger partial charge on any atom is -0.382 e. The van der Waals surface area contributed by atoms with Crippen LogP contribution < -0.4 is 16.1 Å². The smallest absolute Gasteiger partial charge is 0.382 e. The number of nitrogens with one attached hydrogen (secondary N) is 3. The summed E-state index contributed by atoms with van der Waals surface area (Å²) in [6, 6.07) is 9.66. The van der Waals surface area contributed by atoms with Gasteiger partial charge in [0.1, 0.15) is 12.2 Å². The highest BCUT2D eigenvalue weighted by Gasteiger charge is 2.27. The number of aromatic nitrogens is 2. The van der Waals surface area contributed by atoms with Gasteiger partial charge in [-0.25, -0.2) is 9.78 Å². The number of amides is 2. The van der Waals surface area contributed by atoms with E-state index in [-0.39, 0.29) is 0 Å². The normalized spacial score (nSPS) is 11.6. The van der Waals surface area contributed by atoms with Crippen molar-refractivity contribution >= 4 is 17.4 Å². The molecule has 0 saturated carbocycles. The lowest BCUT2D eigenvalue weighted by Gasteiger charge is -2.11. The molecule has 0 fully saturated rings. The number of imidazole rings is 1.